The van der Waals surface area contributed by atoms with Gasteiger partial charge in [0.05, 0.1) is 17.6 Å². The van der Waals surface area contributed by atoms with Crippen LogP contribution < -0.4 is 10.6 Å². The lowest BCUT2D eigenvalue weighted by atomic mass is 9.75. The number of aliphatic imine (C=N–C) groups is 1. The topological polar surface area (TPSA) is 85.7 Å². The highest BCUT2D eigenvalue weighted by atomic mass is 32.1. The summed E-state index contributed by atoms with van der Waals surface area (Å²) < 4.78 is 0. The first-order valence-corrected chi connectivity index (χ1v) is 12.5. The molecule has 2 aromatic carbocycles. The van der Waals surface area contributed by atoms with Crippen molar-refractivity contribution in [2.24, 2.45) is 16.6 Å². The van der Waals surface area contributed by atoms with Gasteiger partial charge in [-0.3, -0.25) is 9.69 Å². The number of para-hydroxylation sites is 1. The highest BCUT2D eigenvalue weighted by Crippen LogP contribution is 2.46. The Hall–Kier alpha value is -3.89. The van der Waals surface area contributed by atoms with E-state index in [2.05, 4.69) is 40.6 Å². The van der Waals surface area contributed by atoms with Crippen molar-refractivity contribution in [3.63, 3.8) is 0 Å². The van der Waals surface area contributed by atoms with Gasteiger partial charge in [0.15, 0.2) is 5.96 Å². The second-order valence-electron chi connectivity index (χ2n) is 9.15. The highest BCUT2D eigenvalue weighted by molar-refractivity contribution is 7.10. The maximum absolute atomic E-state index is 13.6. The number of amides is 1. The maximum atomic E-state index is 13.6. The van der Waals surface area contributed by atoms with Crippen LogP contribution in [0.3, 0.4) is 0 Å². The van der Waals surface area contributed by atoms with Crippen LogP contribution in [0.1, 0.15) is 23.8 Å². The summed E-state index contributed by atoms with van der Waals surface area (Å²) in [5, 5.41) is 11.3. The first-order valence-electron chi connectivity index (χ1n) is 11.6. The van der Waals surface area contributed by atoms with Crippen LogP contribution in [0.2, 0.25) is 0 Å². The van der Waals surface area contributed by atoms with Gasteiger partial charge in [-0.15, -0.1) is 11.3 Å². The third-order valence-corrected chi connectivity index (χ3v) is 8.15. The van der Waals surface area contributed by atoms with Crippen LogP contribution in [0.5, 0.6) is 0 Å². The van der Waals surface area contributed by atoms with Crippen molar-refractivity contribution in [3.8, 4) is 17.2 Å². The Balaban J connectivity index is 1.51. The summed E-state index contributed by atoms with van der Waals surface area (Å²) in [5.74, 6) is -0.215. The number of hydrogen-bond acceptors (Lipinski definition) is 6. The van der Waals surface area contributed by atoms with Crippen LogP contribution in [0.25, 0.3) is 11.1 Å². The van der Waals surface area contributed by atoms with E-state index in [0.29, 0.717) is 5.56 Å². The Morgan fingerprint density at radius 3 is 2.66 bits per heavy atom. The molecule has 7 heteroatoms. The molecule has 2 aliphatic heterocycles. The van der Waals surface area contributed by atoms with E-state index in [1.54, 1.807) is 24.5 Å². The Morgan fingerprint density at radius 2 is 1.94 bits per heavy atom. The van der Waals surface area contributed by atoms with E-state index >= 15 is 0 Å². The van der Waals surface area contributed by atoms with Crippen molar-refractivity contribution in [2.45, 2.75) is 18.9 Å². The van der Waals surface area contributed by atoms with Gasteiger partial charge in [-0.05, 0) is 60.2 Å². The van der Waals surface area contributed by atoms with E-state index in [1.807, 2.05) is 43.3 Å². The third-order valence-electron chi connectivity index (χ3n) is 6.99. The van der Waals surface area contributed by atoms with Gasteiger partial charge < -0.3 is 10.6 Å². The number of guanidine groups is 1. The summed E-state index contributed by atoms with van der Waals surface area (Å²) in [6.07, 6.45) is 2.97. The predicted octanol–water partition coefficient (Wildman–Crippen LogP) is 4.74. The molecular formula is C28H27N5OS. The molecule has 2 N–H and O–H groups in total. The largest absolute Gasteiger partial charge is 0.369 e. The minimum atomic E-state index is -0.801. The average molecular weight is 482 g/mol. The smallest absolute Gasteiger partial charge is 0.239 e. The fraction of sp³-hybridized carbons (Fsp3) is 0.250. The number of hydrogen-bond donors (Lipinski definition) is 1. The first-order chi connectivity index (χ1) is 16.9. The Labute approximate surface area is 209 Å². The van der Waals surface area contributed by atoms with Gasteiger partial charge in [0.25, 0.3) is 0 Å². The lowest BCUT2D eigenvalue weighted by Gasteiger charge is -2.42. The SMILES string of the molecule is CN1C(=O)C(C2=CCN(c3ccccc3)CC2)[C@@](C)(c2cc(-c3cccc(C#N)c3)cs2)N=C1N. The van der Waals surface area contributed by atoms with E-state index < -0.39 is 11.5 Å². The number of nitrogens with zero attached hydrogens (tertiary/aromatic N) is 4. The molecule has 2 aliphatic rings. The minimum absolute atomic E-state index is 0.0270. The van der Waals surface area contributed by atoms with Crippen LogP contribution in [0, 0.1) is 17.2 Å². The monoisotopic (exact) mass is 481 g/mol. The molecule has 35 heavy (non-hydrogen) atoms. The molecule has 0 saturated heterocycles. The summed E-state index contributed by atoms with van der Waals surface area (Å²) in [7, 11) is 1.70. The molecule has 0 fully saturated rings. The minimum Gasteiger partial charge on any atom is -0.369 e. The quantitative estimate of drug-likeness (QED) is 0.546. The lowest BCUT2D eigenvalue weighted by molar-refractivity contribution is -0.132. The predicted molar refractivity (Wildman–Crippen MR) is 141 cm³/mol. The van der Waals surface area contributed by atoms with Crippen LogP contribution in [0.15, 0.2) is 82.7 Å². The van der Waals surface area contributed by atoms with Gasteiger partial charge in [0.1, 0.15) is 5.54 Å². The molecule has 0 radical (unpaired) electrons. The molecule has 3 aromatic rings. The zero-order valence-electron chi connectivity index (χ0n) is 19.8. The van der Waals surface area contributed by atoms with Gasteiger partial charge in [0, 0.05) is 30.7 Å². The van der Waals surface area contributed by atoms with Crippen molar-refractivity contribution in [1.82, 2.24) is 4.90 Å². The summed E-state index contributed by atoms with van der Waals surface area (Å²) >= 11 is 1.58. The van der Waals surface area contributed by atoms with E-state index in [-0.39, 0.29) is 11.9 Å². The molecule has 3 heterocycles. The van der Waals surface area contributed by atoms with Crippen LogP contribution in [-0.2, 0) is 10.3 Å². The van der Waals surface area contributed by atoms with Crippen molar-refractivity contribution in [1.29, 1.82) is 5.26 Å². The van der Waals surface area contributed by atoms with Gasteiger partial charge in [0.2, 0.25) is 5.91 Å². The standard InChI is InChI=1S/C28H27N5OS/c1-28(24-16-22(18-35-24)21-8-6-7-19(15-21)17-29)25(26(34)32(2)27(30)31-28)20-11-13-33(14-12-20)23-9-4-3-5-10-23/h3-11,15-16,18,25H,12-14H2,1-2H3,(H2,30,31)/t25?,28-/m1/s1. The van der Waals surface area contributed by atoms with Crippen LogP contribution in [0.4, 0.5) is 5.69 Å². The normalized spacial score (nSPS) is 22.4. The average Bonchev–Trinajstić information content (AvgIpc) is 3.40. The van der Waals surface area contributed by atoms with Crippen molar-refractivity contribution < 1.29 is 4.79 Å². The first kappa shape index (κ1) is 22.9. The number of anilines is 1. The molecule has 1 amide bonds. The molecule has 0 spiro atoms. The molecule has 176 valence electrons. The number of thiophene rings is 1. The molecule has 6 nitrogen and oxygen atoms in total. The molecule has 2 atom stereocenters. The number of carbonyl (C=O) groups is 1. The van der Waals surface area contributed by atoms with E-state index in [4.69, 9.17) is 10.7 Å². The van der Waals surface area contributed by atoms with Gasteiger partial charge >= 0.3 is 0 Å². The number of rotatable bonds is 4. The molecule has 0 bridgehead atoms. The Morgan fingerprint density at radius 1 is 1.14 bits per heavy atom. The number of nitriles is 1. The van der Waals surface area contributed by atoms with E-state index in [9.17, 15) is 10.1 Å². The lowest BCUT2D eigenvalue weighted by Crippen LogP contribution is -2.54. The second-order valence-corrected chi connectivity index (χ2v) is 10.1. The number of carbonyl (C=O) groups excluding carboxylic acids is 1. The Kier molecular flexibility index (Phi) is 5.91. The zero-order valence-corrected chi connectivity index (χ0v) is 20.6. The van der Waals surface area contributed by atoms with E-state index in [0.717, 1.165) is 41.1 Å². The molecular weight excluding hydrogens is 454 g/mol. The van der Waals surface area contributed by atoms with Gasteiger partial charge in [-0.1, -0.05) is 42.0 Å². The van der Waals surface area contributed by atoms with Crippen molar-refractivity contribution in [3.05, 3.63) is 88.1 Å². The Bertz CT molecular complexity index is 1370. The second kappa shape index (κ2) is 9.05. The summed E-state index contributed by atoms with van der Waals surface area (Å²) in [6, 6.07) is 22.2. The summed E-state index contributed by atoms with van der Waals surface area (Å²) in [4.78, 5) is 23.3. The van der Waals surface area contributed by atoms with Gasteiger partial charge in [-0.2, -0.15) is 5.26 Å². The molecule has 0 saturated carbocycles. The van der Waals surface area contributed by atoms with Crippen molar-refractivity contribution in [2.75, 3.05) is 25.0 Å². The van der Waals surface area contributed by atoms with Gasteiger partial charge in [-0.25, -0.2) is 4.99 Å². The van der Waals surface area contributed by atoms with Crippen LogP contribution in [-0.4, -0.2) is 36.9 Å². The van der Waals surface area contributed by atoms with E-state index in [1.165, 1.54) is 10.6 Å². The maximum Gasteiger partial charge on any atom is 0.239 e. The van der Waals surface area contributed by atoms with Crippen LogP contribution >= 0.6 is 11.3 Å². The third kappa shape index (κ3) is 4.11. The highest BCUT2D eigenvalue weighted by Gasteiger charge is 2.49. The summed E-state index contributed by atoms with van der Waals surface area (Å²) in [5.41, 5.74) is 10.3. The van der Waals surface area contributed by atoms with Crippen molar-refractivity contribution >= 4 is 28.9 Å². The fourth-order valence-corrected chi connectivity index (χ4v) is 6.04. The summed E-state index contributed by atoms with van der Waals surface area (Å²) in [6.45, 7) is 3.61. The molecule has 1 unspecified atom stereocenters. The molecule has 1 aromatic heterocycles. The zero-order chi connectivity index (χ0) is 24.6. The molecule has 5 rings (SSSR count). The fourth-order valence-electron chi connectivity index (χ4n) is 4.98. The number of nitrogens with two attached hydrogens (primary N) is 1. The number of benzene rings is 2. The molecule has 0 aliphatic carbocycles.